The number of rotatable bonds is 9. The molecule has 0 aromatic carbocycles. The lowest BCUT2D eigenvalue weighted by Crippen LogP contribution is -2.35. The molecule has 4 nitrogen and oxygen atoms in total. The van der Waals surface area contributed by atoms with Crippen molar-refractivity contribution in [3.05, 3.63) is 0 Å². The van der Waals surface area contributed by atoms with Crippen LogP contribution in [0.3, 0.4) is 0 Å². The van der Waals surface area contributed by atoms with E-state index in [1.54, 1.807) is 0 Å². The summed E-state index contributed by atoms with van der Waals surface area (Å²) in [6.45, 7) is 11.2. The summed E-state index contributed by atoms with van der Waals surface area (Å²) < 4.78 is 0. The van der Waals surface area contributed by atoms with Gasteiger partial charge in [-0.1, -0.05) is 47.5 Å². The van der Waals surface area contributed by atoms with Crippen molar-refractivity contribution in [1.29, 1.82) is 0 Å². The molecule has 20 heavy (non-hydrogen) atoms. The van der Waals surface area contributed by atoms with E-state index in [9.17, 15) is 9.59 Å². The van der Waals surface area contributed by atoms with E-state index in [1.807, 2.05) is 34.6 Å². The molecule has 0 aliphatic heterocycles. The molecule has 122 valence electrons. The van der Waals surface area contributed by atoms with Crippen molar-refractivity contribution in [2.45, 2.75) is 66.7 Å². The molecule has 0 aliphatic rings. The first-order valence-electron chi connectivity index (χ1n) is 7.85. The zero-order valence-electron chi connectivity index (χ0n) is 13.8. The monoisotopic (exact) mass is 288 g/mol. The van der Waals surface area contributed by atoms with Gasteiger partial charge in [0.1, 0.15) is 0 Å². The number of carbonyl (C=O) groups excluding carboxylic acids is 2. The minimum atomic E-state index is -0.305. The summed E-state index contributed by atoms with van der Waals surface area (Å²) in [6, 6.07) is 0. The van der Waals surface area contributed by atoms with Gasteiger partial charge < -0.3 is 10.6 Å². The van der Waals surface area contributed by atoms with Gasteiger partial charge in [-0.15, -0.1) is 0 Å². The quantitative estimate of drug-likeness (QED) is 0.639. The molecule has 0 radical (unpaired) electrons. The van der Waals surface area contributed by atoms with E-state index in [0.29, 0.717) is 0 Å². The lowest BCUT2D eigenvalue weighted by atomic mass is 9.96. The Labute approximate surface area is 127 Å². The second-order valence-corrected chi connectivity index (χ2v) is 6.52. The zero-order valence-corrected chi connectivity index (χ0v) is 13.8. The Kier molecular flexibility index (Phi) is 9.26. The van der Waals surface area contributed by atoms with Crippen molar-refractivity contribution in [2.24, 2.45) is 11.3 Å². The largest absolute Gasteiger partial charge is 0.356 e. The molecule has 0 aromatic heterocycles. The number of carbonyl (C=O) groups is 2. The molecule has 0 saturated carbocycles. The van der Waals surface area contributed by atoms with Gasteiger partial charge in [0.2, 0.25) is 11.8 Å². The van der Waals surface area contributed by atoms with Gasteiger partial charge in [0.05, 0.1) is 0 Å². The van der Waals surface area contributed by atoms with Crippen LogP contribution < -0.4 is 10.6 Å². The maximum atomic E-state index is 11.6. The third-order valence-corrected chi connectivity index (χ3v) is 3.43. The molecule has 0 saturated heterocycles. The lowest BCUT2D eigenvalue weighted by Gasteiger charge is -2.17. The van der Waals surface area contributed by atoms with E-state index in [4.69, 9.17) is 0 Å². The first-order chi connectivity index (χ1) is 9.29. The highest BCUT2D eigenvalue weighted by molar-refractivity contribution is 5.81. The van der Waals surface area contributed by atoms with Gasteiger partial charge >= 0.3 is 0 Å². The molecule has 0 fully saturated rings. The van der Waals surface area contributed by atoms with Gasteiger partial charge in [0, 0.05) is 27.3 Å². The van der Waals surface area contributed by atoms with E-state index in [-0.39, 0.29) is 26.0 Å². The Morgan fingerprint density at radius 1 is 1.00 bits per heavy atom. The maximum absolute atomic E-state index is 11.6. The molecule has 1 atom stereocenters. The normalized spacial score (nSPS) is 12.8. The molecule has 4 heteroatoms. The summed E-state index contributed by atoms with van der Waals surface area (Å²) in [5.74, 6) is 0.380. The fourth-order valence-electron chi connectivity index (χ4n) is 1.64. The molecule has 0 aromatic rings. The van der Waals surface area contributed by atoms with Crippen LogP contribution in [0.1, 0.15) is 69.6 Å². The smallest absolute Gasteiger partial charge is 0.225 e. The minimum absolute atomic E-state index is 0. The molecule has 0 bridgehead atoms. The third kappa shape index (κ3) is 8.94. The molecular weight excluding hydrogens is 252 g/mol. The van der Waals surface area contributed by atoms with Gasteiger partial charge in [-0.3, -0.25) is 9.59 Å². The minimum Gasteiger partial charge on any atom is -0.356 e. The first-order valence-corrected chi connectivity index (χ1v) is 7.85. The maximum Gasteiger partial charge on any atom is 0.225 e. The van der Waals surface area contributed by atoms with Crippen LogP contribution in [0.2, 0.25) is 0 Å². The first kappa shape index (κ1) is 18.9. The number of nitrogens with one attached hydrogen (secondary N) is 2. The molecule has 0 spiro atoms. The Hall–Kier alpha value is -1.06. The Morgan fingerprint density at radius 3 is 1.95 bits per heavy atom. The number of hydrogen-bond donors (Lipinski definition) is 2. The van der Waals surface area contributed by atoms with Crippen LogP contribution in [0.25, 0.3) is 0 Å². The zero-order chi connectivity index (χ0) is 15.6. The van der Waals surface area contributed by atoms with E-state index in [0.717, 1.165) is 45.2 Å². The van der Waals surface area contributed by atoms with Crippen LogP contribution in [-0.2, 0) is 9.59 Å². The molecule has 0 heterocycles. The van der Waals surface area contributed by atoms with E-state index < -0.39 is 0 Å². The predicted molar refractivity (Wildman–Crippen MR) is 87.6 cm³/mol. The van der Waals surface area contributed by atoms with Gasteiger partial charge in [0.15, 0.2) is 0 Å². The van der Waals surface area contributed by atoms with Crippen LogP contribution in [0.15, 0.2) is 0 Å². The highest BCUT2D eigenvalue weighted by Crippen LogP contribution is 2.12. The number of unbranched alkanes of at least 4 members (excludes halogenated alkanes) is 3. The summed E-state index contributed by atoms with van der Waals surface area (Å²) in [7, 11) is 0. The predicted octanol–water partition coefficient (Wildman–Crippen LogP) is 3.36. The van der Waals surface area contributed by atoms with E-state index in [2.05, 4.69) is 10.6 Å². The Bertz CT molecular complexity index is 305. The van der Waals surface area contributed by atoms with Crippen molar-refractivity contribution in [3.63, 3.8) is 0 Å². The summed E-state index contributed by atoms with van der Waals surface area (Å²) in [4.78, 5) is 23.1. The summed E-state index contributed by atoms with van der Waals surface area (Å²) >= 11 is 0. The average Bonchev–Trinajstić information content (AvgIpc) is 2.38. The van der Waals surface area contributed by atoms with Crippen molar-refractivity contribution in [1.82, 2.24) is 10.6 Å². The topological polar surface area (TPSA) is 58.2 Å². The number of amides is 2. The summed E-state index contributed by atoms with van der Waals surface area (Å²) in [5, 5.41) is 5.90. The molecule has 2 N–H and O–H groups in total. The van der Waals surface area contributed by atoms with Crippen LogP contribution in [-0.4, -0.2) is 24.9 Å². The van der Waals surface area contributed by atoms with Crippen LogP contribution in [0, 0.1) is 11.3 Å². The Balaban J connectivity index is -0.00000180. The molecule has 0 aliphatic carbocycles. The highest BCUT2D eigenvalue weighted by Gasteiger charge is 2.19. The van der Waals surface area contributed by atoms with Crippen LogP contribution >= 0.6 is 0 Å². The van der Waals surface area contributed by atoms with Crippen LogP contribution in [0.4, 0.5) is 0 Å². The van der Waals surface area contributed by atoms with Gasteiger partial charge in [-0.05, 0) is 19.3 Å². The van der Waals surface area contributed by atoms with Gasteiger partial charge in [0.25, 0.3) is 0 Å². The van der Waals surface area contributed by atoms with Gasteiger partial charge in [-0.25, -0.2) is 0 Å². The van der Waals surface area contributed by atoms with Crippen molar-refractivity contribution >= 4 is 11.8 Å². The van der Waals surface area contributed by atoms with Crippen molar-refractivity contribution < 1.29 is 12.4 Å². The fraction of sp³-hybridized carbons (Fsp3) is 0.875. The second-order valence-electron chi connectivity index (χ2n) is 6.52. The lowest BCUT2D eigenvalue weighted by molar-refractivity contribution is -0.128. The summed E-state index contributed by atoms with van der Waals surface area (Å²) in [5.41, 5.74) is -0.305. The standard InChI is InChI=1S/C16H32N2O2.2H2/c1-6-13(2)14(19)17-11-9-7-8-10-12-18-15(20)16(3,4)5;;/h13H,6-12H2,1-5H3,(H,17,19)(H,18,20);2*1H. The second kappa shape index (κ2) is 9.78. The van der Waals surface area contributed by atoms with E-state index >= 15 is 0 Å². The SMILES string of the molecule is CCC(C)C(=O)NCCCCCCNC(=O)C(C)(C)C.[HH].[HH]. The molecule has 1 unspecified atom stereocenters. The van der Waals surface area contributed by atoms with E-state index in [1.165, 1.54) is 0 Å². The highest BCUT2D eigenvalue weighted by atomic mass is 16.2. The fourth-order valence-corrected chi connectivity index (χ4v) is 1.64. The Morgan fingerprint density at radius 2 is 1.50 bits per heavy atom. The summed E-state index contributed by atoms with van der Waals surface area (Å²) in [6.07, 6.45) is 5.08. The molecular formula is C16H36N2O2. The van der Waals surface area contributed by atoms with Gasteiger partial charge in [-0.2, -0.15) is 0 Å². The number of hydrogen-bond acceptors (Lipinski definition) is 2. The van der Waals surface area contributed by atoms with Crippen molar-refractivity contribution in [2.75, 3.05) is 13.1 Å². The third-order valence-electron chi connectivity index (χ3n) is 3.43. The van der Waals surface area contributed by atoms with Crippen molar-refractivity contribution in [3.8, 4) is 0 Å². The van der Waals surface area contributed by atoms with Crippen LogP contribution in [0.5, 0.6) is 0 Å². The molecule has 0 rings (SSSR count). The molecule has 2 amide bonds. The average molecular weight is 288 g/mol.